The van der Waals surface area contributed by atoms with Gasteiger partial charge in [0.2, 0.25) is 0 Å². The van der Waals surface area contributed by atoms with E-state index in [1.165, 1.54) is 24.3 Å². The summed E-state index contributed by atoms with van der Waals surface area (Å²) < 4.78 is 12.9. The predicted octanol–water partition coefficient (Wildman–Crippen LogP) is 2.46. The number of aliphatic hydroxyl groups excluding tert-OH is 1. The number of hydrogen-bond donors (Lipinski definition) is 2. The summed E-state index contributed by atoms with van der Waals surface area (Å²) in [4.78, 5) is 16.7. The Morgan fingerprint density at radius 3 is 2.55 bits per heavy atom. The van der Waals surface area contributed by atoms with E-state index in [1.54, 1.807) is 6.20 Å². The maximum absolute atomic E-state index is 12.9. The van der Waals surface area contributed by atoms with Gasteiger partial charge in [-0.05, 0) is 55.2 Å². The van der Waals surface area contributed by atoms with E-state index in [2.05, 4.69) is 10.3 Å². The molecule has 1 heterocycles. The van der Waals surface area contributed by atoms with Crippen molar-refractivity contribution in [1.82, 2.24) is 10.3 Å². The smallest absolute Gasteiger partial charge is 0.251 e. The molecule has 0 radical (unpaired) electrons. The summed E-state index contributed by atoms with van der Waals surface area (Å²) in [7, 11) is 0. The lowest BCUT2D eigenvalue weighted by atomic mass is 9.76. The standard InChI is InChI=1S/C17H17FN2O2/c18-13-6-4-11(5-7-13)17(22)20-16(12-9-14(21)10-12)15-3-1-2-8-19-15/h1-8,12,14,16,21H,9-10H2,(H,20,22)/t12?,14?,16-/m0/s1. The number of amides is 1. The molecule has 22 heavy (non-hydrogen) atoms. The topological polar surface area (TPSA) is 62.2 Å². The third-order valence-electron chi connectivity index (χ3n) is 4.02. The van der Waals surface area contributed by atoms with Crippen LogP contribution < -0.4 is 5.32 Å². The van der Waals surface area contributed by atoms with Crippen LogP contribution in [0, 0.1) is 11.7 Å². The molecule has 114 valence electrons. The normalized spacial score (nSPS) is 21.7. The minimum atomic E-state index is -0.375. The quantitative estimate of drug-likeness (QED) is 0.912. The summed E-state index contributed by atoms with van der Waals surface area (Å²) in [6, 6.07) is 10.7. The molecule has 0 spiro atoms. The van der Waals surface area contributed by atoms with Crippen molar-refractivity contribution in [1.29, 1.82) is 0 Å². The van der Waals surface area contributed by atoms with Gasteiger partial charge in [-0.1, -0.05) is 6.07 Å². The number of hydrogen-bond acceptors (Lipinski definition) is 3. The molecule has 0 bridgehead atoms. The summed E-state index contributed by atoms with van der Waals surface area (Å²) in [5, 5.41) is 12.5. The maximum Gasteiger partial charge on any atom is 0.251 e. The Morgan fingerprint density at radius 1 is 1.23 bits per heavy atom. The third kappa shape index (κ3) is 3.14. The summed E-state index contributed by atoms with van der Waals surface area (Å²) in [5.41, 5.74) is 1.18. The van der Waals surface area contributed by atoms with Crippen molar-refractivity contribution in [3.63, 3.8) is 0 Å². The van der Waals surface area contributed by atoms with E-state index < -0.39 is 0 Å². The van der Waals surface area contributed by atoms with Crippen molar-refractivity contribution in [2.75, 3.05) is 0 Å². The number of nitrogens with one attached hydrogen (secondary N) is 1. The average molecular weight is 300 g/mol. The molecule has 3 rings (SSSR count). The first kappa shape index (κ1) is 14.7. The first-order valence-corrected chi connectivity index (χ1v) is 7.29. The van der Waals surface area contributed by atoms with Crippen LogP contribution in [0.5, 0.6) is 0 Å². The van der Waals surface area contributed by atoms with Crippen molar-refractivity contribution in [2.24, 2.45) is 5.92 Å². The van der Waals surface area contributed by atoms with E-state index in [-0.39, 0.29) is 29.8 Å². The fourth-order valence-electron chi connectivity index (χ4n) is 2.72. The SMILES string of the molecule is O=C(N[C@H](c1ccccn1)C1CC(O)C1)c1ccc(F)cc1. The highest BCUT2D eigenvalue weighted by molar-refractivity contribution is 5.94. The highest BCUT2D eigenvalue weighted by Gasteiger charge is 2.36. The molecule has 1 atom stereocenters. The van der Waals surface area contributed by atoms with Crippen molar-refractivity contribution in [2.45, 2.75) is 25.0 Å². The molecule has 1 fully saturated rings. The van der Waals surface area contributed by atoms with Crippen LogP contribution >= 0.6 is 0 Å². The second-order valence-electron chi connectivity index (χ2n) is 5.60. The molecule has 0 saturated heterocycles. The Balaban J connectivity index is 1.78. The van der Waals surface area contributed by atoms with Crippen LogP contribution in [0.3, 0.4) is 0 Å². The van der Waals surface area contributed by atoms with E-state index in [0.717, 1.165) is 5.69 Å². The Kier molecular flexibility index (Phi) is 4.15. The van der Waals surface area contributed by atoms with Gasteiger partial charge in [-0.15, -0.1) is 0 Å². The lowest BCUT2D eigenvalue weighted by molar-refractivity contribution is 0.0228. The van der Waals surface area contributed by atoms with Crippen molar-refractivity contribution in [3.05, 3.63) is 65.7 Å². The van der Waals surface area contributed by atoms with Gasteiger partial charge in [0.15, 0.2) is 0 Å². The van der Waals surface area contributed by atoms with E-state index in [9.17, 15) is 14.3 Å². The fourth-order valence-corrected chi connectivity index (χ4v) is 2.72. The number of pyridine rings is 1. The summed E-state index contributed by atoms with van der Waals surface area (Å²) in [6.45, 7) is 0. The van der Waals surface area contributed by atoms with Crippen LogP contribution in [0.15, 0.2) is 48.7 Å². The number of nitrogens with zero attached hydrogens (tertiary/aromatic N) is 1. The molecule has 1 aromatic heterocycles. The molecule has 0 unspecified atom stereocenters. The van der Waals surface area contributed by atoms with E-state index in [0.29, 0.717) is 18.4 Å². The average Bonchev–Trinajstić information content (AvgIpc) is 2.51. The second kappa shape index (κ2) is 6.23. The van der Waals surface area contributed by atoms with Crippen LogP contribution in [0.2, 0.25) is 0 Å². The number of aromatic nitrogens is 1. The number of carbonyl (C=O) groups excluding carboxylic acids is 1. The molecular formula is C17H17FN2O2. The zero-order valence-electron chi connectivity index (χ0n) is 11.9. The van der Waals surface area contributed by atoms with Crippen molar-refractivity contribution < 1.29 is 14.3 Å². The number of halogens is 1. The molecule has 5 heteroatoms. The van der Waals surface area contributed by atoms with Crippen LogP contribution in [-0.2, 0) is 0 Å². The van der Waals surface area contributed by atoms with Crippen molar-refractivity contribution in [3.8, 4) is 0 Å². The van der Waals surface area contributed by atoms with E-state index in [1.807, 2.05) is 18.2 Å². The number of carbonyl (C=O) groups is 1. The molecule has 1 saturated carbocycles. The van der Waals surface area contributed by atoms with Crippen LogP contribution in [0.4, 0.5) is 4.39 Å². The van der Waals surface area contributed by atoms with Crippen LogP contribution in [0.1, 0.15) is 34.9 Å². The van der Waals surface area contributed by atoms with Gasteiger partial charge in [0.25, 0.3) is 5.91 Å². The van der Waals surface area contributed by atoms with E-state index >= 15 is 0 Å². The molecule has 1 aliphatic rings. The molecule has 2 N–H and O–H groups in total. The van der Waals surface area contributed by atoms with Gasteiger partial charge in [0, 0.05) is 11.8 Å². The molecule has 2 aromatic rings. The monoisotopic (exact) mass is 300 g/mol. The number of aliphatic hydroxyl groups is 1. The third-order valence-corrected chi connectivity index (χ3v) is 4.02. The Labute approximate surface area is 128 Å². The Hall–Kier alpha value is -2.27. The minimum Gasteiger partial charge on any atom is -0.393 e. The Bertz CT molecular complexity index is 639. The zero-order valence-corrected chi connectivity index (χ0v) is 11.9. The molecule has 4 nitrogen and oxygen atoms in total. The molecule has 1 aromatic carbocycles. The largest absolute Gasteiger partial charge is 0.393 e. The van der Waals surface area contributed by atoms with Gasteiger partial charge < -0.3 is 10.4 Å². The second-order valence-corrected chi connectivity index (χ2v) is 5.60. The lowest BCUT2D eigenvalue weighted by Gasteiger charge is -2.37. The highest BCUT2D eigenvalue weighted by atomic mass is 19.1. The first-order chi connectivity index (χ1) is 10.6. The van der Waals surface area contributed by atoms with Crippen molar-refractivity contribution >= 4 is 5.91 Å². The number of rotatable bonds is 4. The molecule has 1 amide bonds. The highest BCUT2D eigenvalue weighted by Crippen LogP contribution is 2.37. The van der Waals surface area contributed by atoms with Gasteiger partial charge in [0.05, 0.1) is 17.8 Å². The van der Waals surface area contributed by atoms with E-state index in [4.69, 9.17) is 0 Å². The molecule has 0 aliphatic heterocycles. The van der Waals surface area contributed by atoms with Crippen LogP contribution in [0.25, 0.3) is 0 Å². The first-order valence-electron chi connectivity index (χ1n) is 7.29. The number of benzene rings is 1. The van der Waals surface area contributed by atoms with Gasteiger partial charge in [-0.2, -0.15) is 0 Å². The predicted molar refractivity (Wildman–Crippen MR) is 79.6 cm³/mol. The zero-order chi connectivity index (χ0) is 15.5. The summed E-state index contributed by atoms with van der Waals surface area (Å²) in [6.07, 6.45) is 2.66. The van der Waals surface area contributed by atoms with Gasteiger partial charge in [-0.3, -0.25) is 9.78 Å². The lowest BCUT2D eigenvalue weighted by Crippen LogP contribution is -2.41. The Morgan fingerprint density at radius 2 is 1.95 bits per heavy atom. The maximum atomic E-state index is 12.9. The van der Waals surface area contributed by atoms with Gasteiger partial charge >= 0.3 is 0 Å². The summed E-state index contributed by atoms with van der Waals surface area (Å²) in [5.74, 6) is -0.480. The van der Waals surface area contributed by atoms with Gasteiger partial charge in [-0.25, -0.2) is 4.39 Å². The summed E-state index contributed by atoms with van der Waals surface area (Å²) >= 11 is 0. The molecule has 1 aliphatic carbocycles. The minimum absolute atomic E-state index is 0.161. The van der Waals surface area contributed by atoms with Gasteiger partial charge in [0.1, 0.15) is 5.82 Å². The van der Waals surface area contributed by atoms with Crippen LogP contribution in [-0.4, -0.2) is 22.1 Å². The fraction of sp³-hybridized carbons (Fsp3) is 0.294. The molecular weight excluding hydrogens is 283 g/mol.